The van der Waals surface area contributed by atoms with Gasteiger partial charge in [-0.2, -0.15) is 0 Å². The van der Waals surface area contributed by atoms with Crippen LogP contribution in [0.25, 0.3) is 0 Å². The molecule has 8 heteroatoms. The maximum Gasteiger partial charge on any atom is 0.128 e. The van der Waals surface area contributed by atoms with Gasteiger partial charge in [0.15, 0.2) is 0 Å². The van der Waals surface area contributed by atoms with E-state index in [1.165, 1.54) is 0 Å². The Morgan fingerprint density at radius 3 is 2.49 bits per heavy atom. The number of aliphatic hydroxyl groups is 2. The van der Waals surface area contributed by atoms with E-state index in [0.717, 1.165) is 43.2 Å². The van der Waals surface area contributed by atoms with Crippen molar-refractivity contribution in [2.24, 2.45) is 11.8 Å². The van der Waals surface area contributed by atoms with Crippen molar-refractivity contribution in [1.82, 2.24) is 0 Å². The van der Waals surface area contributed by atoms with Crippen LogP contribution in [0, 0.1) is 11.8 Å². The first-order valence-electron chi connectivity index (χ1n) is 15.4. The van der Waals surface area contributed by atoms with Gasteiger partial charge in [0.25, 0.3) is 0 Å². The number of benzene rings is 3. The van der Waals surface area contributed by atoms with Crippen LogP contribution in [-0.4, -0.2) is 55.0 Å². The maximum atomic E-state index is 12.1. The lowest BCUT2D eigenvalue weighted by Gasteiger charge is -2.44. The van der Waals surface area contributed by atoms with Crippen LogP contribution in [0.2, 0.25) is 0 Å². The normalized spacial score (nSPS) is 24.9. The smallest absolute Gasteiger partial charge is 0.128 e. The summed E-state index contributed by atoms with van der Waals surface area (Å²) in [6, 6.07) is 16.6. The number of methoxy groups -OCH3 is 2. The summed E-state index contributed by atoms with van der Waals surface area (Å²) < 4.78 is 30.1. The fraction of sp³-hybridized carbons (Fsp3) is 0.486. The zero-order valence-corrected chi connectivity index (χ0v) is 24.9. The number of hydrogen-bond donors (Lipinski definition) is 3. The molecule has 0 spiro atoms. The van der Waals surface area contributed by atoms with Gasteiger partial charge in [-0.15, -0.1) is 0 Å². The number of ether oxygens (including phenoxy) is 5. The highest BCUT2D eigenvalue weighted by Crippen LogP contribution is 2.51. The summed E-state index contributed by atoms with van der Waals surface area (Å²) in [7, 11) is 3.27. The van der Waals surface area contributed by atoms with Gasteiger partial charge in [0.05, 0.1) is 32.0 Å². The van der Waals surface area contributed by atoms with Crippen LogP contribution in [0.15, 0.2) is 54.6 Å². The molecule has 2 heterocycles. The molecule has 3 aliphatic rings. The third-order valence-electron chi connectivity index (χ3n) is 9.16. The van der Waals surface area contributed by atoms with Crippen LogP contribution in [0.5, 0.6) is 28.7 Å². The SMILES string of the molecule is COCCCC1Oc2ccc(OC)cc2C(O)C1C1COc2c(Cc3cccc(O)c3)cc(OC3CCCC3)cc2C1O. The van der Waals surface area contributed by atoms with E-state index in [-0.39, 0.29) is 24.6 Å². The maximum absolute atomic E-state index is 12.1. The molecular weight excluding hydrogens is 548 g/mol. The van der Waals surface area contributed by atoms with E-state index < -0.39 is 24.0 Å². The van der Waals surface area contributed by atoms with Gasteiger partial charge >= 0.3 is 0 Å². The molecular formula is C35H42O8. The number of aromatic hydroxyl groups is 1. The number of fused-ring (bicyclic) bond motifs is 2. The number of hydrogen-bond acceptors (Lipinski definition) is 8. The fourth-order valence-corrected chi connectivity index (χ4v) is 7.02. The second kappa shape index (κ2) is 13.0. The number of aliphatic hydroxyl groups excluding tert-OH is 2. The Hall–Kier alpha value is -3.46. The van der Waals surface area contributed by atoms with Gasteiger partial charge in [0.2, 0.25) is 0 Å². The van der Waals surface area contributed by atoms with Crippen LogP contribution < -0.4 is 18.9 Å². The lowest BCUT2D eigenvalue weighted by Crippen LogP contribution is -2.46. The second-order valence-corrected chi connectivity index (χ2v) is 12.0. The van der Waals surface area contributed by atoms with Crippen molar-refractivity contribution in [3.05, 3.63) is 76.9 Å². The Kier molecular flexibility index (Phi) is 8.98. The van der Waals surface area contributed by atoms with Crippen molar-refractivity contribution in [2.45, 2.75) is 69.4 Å². The average molecular weight is 591 g/mol. The molecule has 0 aromatic heterocycles. The molecule has 6 rings (SSSR count). The highest BCUT2D eigenvalue weighted by Gasteiger charge is 2.47. The highest BCUT2D eigenvalue weighted by molar-refractivity contribution is 5.52. The van der Waals surface area contributed by atoms with E-state index in [1.807, 2.05) is 42.5 Å². The molecule has 1 aliphatic carbocycles. The summed E-state index contributed by atoms with van der Waals surface area (Å²) in [6.07, 6.45) is 4.24. The van der Waals surface area contributed by atoms with E-state index in [9.17, 15) is 15.3 Å². The van der Waals surface area contributed by atoms with Crippen LogP contribution >= 0.6 is 0 Å². The second-order valence-electron chi connectivity index (χ2n) is 12.0. The van der Waals surface area contributed by atoms with Gasteiger partial charge in [-0.1, -0.05) is 12.1 Å². The summed E-state index contributed by atoms with van der Waals surface area (Å²) >= 11 is 0. The monoisotopic (exact) mass is 590 g/mol. The van der Waals surface area contributed by atoms with E-state index in [0.29, 0.717) is 53.6 Å². The zero-order valence-electron chi connectivity index (χ0n) is 24.9. The molecule has 0 radical (unpaired) electrons. The molecule has 1 fully saturated rings. The van der Waals surface area contributed by atoms with Crippen LogP contribution in [-0.2, 0) is 11.2 Å². The Bertz CT molecular complexity index is 1400. The first-order valence-corrected chi connectivity index (χ1v) is 15.4. The predicted molar refractivity (Wildman–Crippen MR) is 161 cm³/mol. The molecule has 0 bridgehead atoms. The molecule has 3 aromatic carbocycles. The van der Waals surface area contributed by atoms with Crippen LogP contribution in [0.3, 0.4) is 0 Å². The molecule has 3 aromatic rings. The predicted octanol–water partition coefficient (Wildman–Crippen LogP) is 5.89. The lowest BCUT2D eigenvalue weighted by atomic mass is 9.72. The third kappa shape index (κ3) is 6.28. The minimum atomic E-state index is -0.917. The summed E-state index contributed by atoms with van der Waals surface area (Å²) in [5.41, 5.74) is 3.12. The largest absolute Gasteiger partial charge is 0.508 e. The molecule has 230 valence electrons. The topological polar surface area (TPSA) is 107 Å². The van der Waals surface area contributed by atoms with Crippen LogP contribution in [0.4, 0.5) is 0 Å². The molecule has 2 aliphatic heterocycles. The molecule has 5 atom stereocenters. The van der Waals surface area contributed by atoms with Gasteiger partial charge < -0.3 is 39.0 Å². The quantitative estimate of drug-likeness (QED) is 0.251. The van der Waals surface area contributed by atoms with E-state index in [4.69, 9.17) is 23.7 Å². The summed E-state index contributed by atoms with van der Waals surface area (Å²) in [4.78, 5) is 0. The molecule has 43 heavy (non-hydrogen) atoms. The van der Waals surface area contributed by atoms with Crippen molar-refractivity contribution in [2.75, 3.05) is 27.4 Å². The molecule has 0 amide bonds. The first kappa shape index (κ1) is 29.6. The average Bonchev–Trinajstić information content (AvgIpc) is 3.51. The van der Waals surface area contributed by atoms with E-state index in [2.05, 4.69) is 0 Å². The Morgan fingerprint density at radius 2 is 1.72 bits per heavy atom. The zero-order chi connectivity index (χ0) is 29.9. The fourth-order valence-electron chi connectivity index (χ4n) is 7.02. The van der Waals surface area contributed by atoms with Crippen LogP contribution in [0.1, 0.15) is 73.0 Å². The minimum Gasteiger partial charge on any atom is -0.508 e. The Balaban J connectivity index is 1.36. The Labute approximate surface area is 253 Å². The third-order valence-corrected chi connectivity index (χ3v) is 9.16. The van der Waals surface area contributed by atoms with Crippen molar-refractivity contribution < 1.29 is 39.0 Å². The van der Waals surface area contributed by atoms with Gasteiger partial charge in [-0.25, -0.2) is 0 Å². The molecule has 1 saturated carbocycles. The van der Waals surface area contributed by atoms with Gasteiger partial charge in [0.1, 0.15) is 34.9 Å². The summed E-state index contributed by atoms with van der Waals surface area (Å²) in [6.45, 7) is 0.792. The molecule has 3 N–H and O–H groups in total. The molecule has 8 nitrogen and oxygen atoms in total. The van der Waals surface area contributed by atoms with Crippen molar-refractivity contribution in [3.8, 4) is 28.7 Å². The first-order chi connectivity index (χ1) is 20.9. The van der Waals surface area contributed by atoms with E-state index in [1.54, 1.807) is 26.4 Å². The standard InChI is InChI=1S/C35H42O8/c1-39-14-6-11-31-32(34(38)27-18-25(40-2)12-13-30(27)43-31)29-20-41-35-22(15-21-7-5-8-23(36)16-21)17-26(19-28(35)33(29)37)42-24-9-3-4-10-24/h5,7-8,12-13,16-19,24,29,31-34,36-38H,3-4,6,9-11,14-15,20H2,1-2H3. The van der Waals surface area contributed by atoms with Crippen molar-refractivity contribution in [1.29, 1.82) is 0 Å². The minimum absolute atomic E-state index is 0.148. The summed E-state index contributed by atoms with van der Waals surface area (Å²) in [5.74, 6) is 1.92. The number of rotatable bonds is 10. The number of phenolic OH excluding ortho intramolecular Hbond substituents is 1. The van der Waals surface area contributed by atoms with Gasteiger partial charge in [-0.3, -0.25) is 0 Å². The number of phenols is 1. The van der Waals surface area contributed by atoms with Crippen molar-refractivity contribution >= 4 is 0 Å². The Morgan fingerprint density at radius 1 is 0.907 bits per heavy atom. The highest BCUT2D eigenvalue weighted by atomic mass is 16.5. The lowest BCUT2D eigenvalue weighted by molar-refractivity contribution is -0.0889. The molecule has 5 unspecified atom stereocenters. The molecule has 0 saturated heterocycles. The summed E-state index contributed by atoms with van der Waals surface area (Å²) in [5, 5.41) is 34.0. The van der Waals surface area contributed by atoms with Gasteiger partial charge in [-0.05, 0) is 86.6 Å². The van der Waals surface area contributed by atoms with Gasteiger partial charge in [0, 0.05) is 48.7 Å². The van der Waals surface area contributed by atoms with E-state index >= 15 is 0 Å². The van der Waals surface area contributed by atoms with Crippen molar-refractivity contribution in [3.63, 3.8) is 0 Å².